The van der Waals surface area contributed by atoms with E-state index in [1.807, 2.05) is 189 Å². The first-order valence-corrected chi connectivity index (χ1v) is 44.3. The molecule has 37 nitrogen and oxygen atoms in total. The van der Waals surface area contributed by atoms with Crippen molar-refractivity contribution in [2.24, 2.45) is 5.92 Å². The molecule has 696 valence electrons. The molecule has 1 aliphatic rings. The van der Waals surface area contributed by atoms with E-state index in [1.54, 1.807) is 67.9 Å². The molecule has 16 aromatic rings. The number of ether oxygens (including phenoxy) is 3. The molecule has 0 spiro atoms. The summed E-state index contributed by atoms with van der Waals surface area (Å²) in [4.78, 5) is 144. The van der Waals surface area contributed by atoms with Crippen LogP contribution >= 0.6 is 0 Å². The summed E-state index contributed by atoms with van der Waals surface area (Å²) in [6, 6.07) is 42.1. The number of nitrogens with one attached hydrogen (secondary N) is 11. The van der Waals surface area contributed by atoms with Crippen LogP contribution < -0.4 is 42.8 Å². The Morgan fingerprint density at radius 2 is 0.926 bits per heavy atom. The fourth-order valence-electron chi connectivity index (χ4n) is 15.1. The number of anilines is 4. The lowest BCUT2D eigenvalue weighted by atomic mass is 10.00. The van der Waals surface area contributed by atoms with Gasteiger partial charge in [0.1, 0.15) is 11.3 Å². The van der Waals surface area contributed by atoms with Gasteiger partial charge >= 0.3 is 24.2 Å². The number of benzene rings is 4. The molecule has 0 unspecified atom stereocenters. The maximum Gasteiger partial charge on any atom is 0.413 e. The summed E-state index contributed by atoms with van der Waals surface area (Å²) >= 11 is 0. The molecule has 135 heavy (non-hydrogen) atoms. The van der Waals surface area contributed by atoms with E-state index in [1.165, 1.54) is 0 Å². The first-order valence-electron chi connectivity index (χ1n) is 44.3. The van der Waals surface area contributed by atoms with Crippen LogP contribution in [0.2, 0.25) is 0 Å². The third-order valence-electron chi connectivity index (χ3n) is 20.9. The third kappa shape index (κ3) is 25.5. The van der Waals surface area contributed by atoms with Crippen molar-refractivity contribution in [1.82, 2.24) is 115 Å². The van der Waals surface area contributed by atoms with Crippen molar-refractivity contribution in [3.05, 3.63) is 234 Å². The van der Waals surface area contributed by atoms with Gasteiger partial charge in [-0.3, -0.25) is 65.7 Å². The molecule has 0 aliphatic carbocycles. The van der Waals surface area contributed by atoms with Crippen molar-refractivity contribution < 1.29 is 42.6 Å². The molecule has 17 rings (SSSR count). The van der Waals surface area contributed by atoms with Crippen molar-refractivity contribution in [3.63, 3.8) is 0 Å². The monoisotopic (exact) mass is 1820 g/mol. The normalized spacial score (nSPS) is 12.0. The molecule has 0 atom stereocenters. The highest BCUT2D eigenvalue weighted by Crippen LogP contribution is 2.39. The number of imidazole rings is 4. The number of hydrogen-bond acceptors (Lipinski definition) is 25. The minimum absolute atomic E-state index is 0.0727. The van der Waals surface area contributed by atoms with E-state index in [4.69, 9.17) is 18.6 Å². The summed E-state index contributed by atoms with van der Waals surface area (Å²) in [6.45, 7) is 20.3. The minimum Gasteiger partial charge on any atom is -0.450 e. The molecule has 12 aromatic heterocycles. The number of rotatable bonds is 28. The fraction of sp³-hybridized carbons (Fsp3) is 0.276. The summed E-state index contributed by atoms with van der Waals surface area (Å²) in [6.07, 6.45) is 18.1. The highest BCUT2D eigenvalue weighted by Gasteiger charge is 2.24. The highest BCUT2D eigenvalue weighted by molar-refractivity contribution is 6.03. The van der Waals surface area contributed by atoms with Crippen molar-refractivity contribution in [1.29, 1.82) is 0 Å². The first-order chi connectivity index (χ1) is 65.4. The molecule has 11 N–H and O–H groups in total. The Morgan fingerprint density at radius 1 is 0.452 bits per heavy atom. The number of carbonyl (C=O) groups is 5. The van der Waals surface area contributed by atoms with Crippen molar-refractivity contribution in [2.45, 2.75) is 67.7 Å². The van der Waals surface area contributed by atoms with Crippen LogP contribution in [0.1, 0.15) is 68.8 Å². The lowest BCUT2D eigenvalue weighted by molar-refractivity contribution is 0.0383. The second-order valence-electron chi connectivity index (χ2n) is 32.8. The van der Waals surface area contributed by atoms with Crippen molar-refractivity contribution >= 4 is 98.1 Å². The van der Waals surface area contributed by atoms with E-state index < -0.39 is 12.2 Å². The van der Waals surface area contributed by atoms with Crippen LogP contribution in [0.4, 0.5) is 43.0 Å². The minimum atomic E-state index is -0.605. The van der Waals surface area contributed by atoms with E-state index in [0.717, 1.165) is 157 Å². The number of oxazole rings is 1. The first kappa shape index (κ1) is 95.3. The Kier molecular flexibility index (Phi) is 32.0. The zero-order valence-corrected chi connectivity index (χ0v) is 77.3. The molecule has 0 saturated carbocycles. The number of H-pyrrole nitrogens is 4. The number of aromatic amines is 4. The average molecular weight is 1830 g/mol. The summed E-state index contributed by atoms with van der Waals surface area (Å²) < 4.78 is 23.0. The Morgan fingerprint density at radius 3 is 1.39 bits per heavy atom. The van der Waals surface area contributed by atoms with E-state index in [2.05, 4.69) is 165 Å². The molecule has 1 saturated heterocycles. The van der Waals surface area contributed by atoms with Gasteiger partial charge in [-0.15, -0.1) is 0 Å². The van der Waals surface area contributed by atoms with Crippen LogP contribution in [0, 0.1) is 5.92 Å². The summed E-state index contributed by atoms with van der Waals surface area (Å²) in [5.74, 6) is 2.57. The topological polar surface area (TPSA) is 450 Å². The summed E-state index contributed by atoms with van der Waals surface area (Å²) in [7, 11) is 12.0. The lowest BCUT2D eigenvalue weighted by Gasteiger charge is -2.26. The van der Waals surface area contributed by atoms with Crippen molar-refractivity contribution in [2.75, 3.05) is 129 Å². The predicted molar refractivity (Wildman–Crippen MR) is 522 cm³/mol. The van der Waals surface area contributed by atoms with Crippen LogP contribution in [0.25, 0.3) is 134 Å². The smallest absolute Gasteiger partial charge is 0.413 e. The largest absolute Gasteiger partial charge is 0.450 e. The number of fused-ring (bicyclic) bond motifs is 4. The highest BCUT2D eigenvalue weighted by atomic mass is 16.6. The van der Waals surface area contributed by atoms with E-state index in [-0.39, 0.29) is 42.7 Å². The van der Waals surface area contributed by atoms with Crippen molar-refractivity contribution in [3.8, 4) is 89.7 Å². The maximum absolute atomic E-state index is 12.9. The molecule has 1 aliphatic heterocycles. The lowest BCUT2D eigenvalue weighted by Crippen LogP contribution is -2.41. The van der Waals surface area contributed by atoms with Gasteiger partial charge in [0.2, 0.25) is 29.7 Å². The number of nitrogens with zero attached hydrogens (tertiary/aromatic N) is 16. The number of aromatic nitrogens is 16. The van der Waals surface area contributed by atoms with Crippen LogP contribution in [-0.2, 0) is 40.4 Å². The standard InChI is InChI=1S/C27H30N8O3.C25H30N6O4.C23H25N7O.C23H24N6O2/c1-2-29-27(37)34-26-32-23-15-18(14-21(24(23)33-26)22-5-3-4-6-30-22)19-13-20(17-28-16-19)25(36)31-7-8-35-9-11-38-12-10-35;1-6-34-25(33)29-24-27-20-10-17(16-7-8-31(13-15(2)3)21(32)11-16)9-19(22(20)28-24)23-26-12-18(35-23)14-30(4)5;1-4-25-23(31)29-22-27-20-12-17(16-6-5-8-24-13-16)11-18(21(20)28-22)19-10-15(7-9-26-19)14-30(2)3;1-4-31-23(30)28-22-26-20-12-17(16-6-5-8-24-13-16)11-18(21(20)27-22)19-10-15(7-9-25-19)14-29(2)3/h3-6,13-17H,2,7-12H2,1H3,(H,31,36)(H3,29,32,33,34,37);7-12,15H,6,13-14H2,1-5H3,(H2,27,28,29,33);5-13H,4,14H2,1-3H3,(H3,25,27,28,29,31);5-13H,4,14H2,1-3H3,(H2,26,27,28,30). The predicted octanol–water partition coefficient (Wildman–Crippen LogP) is 15.4. The van der Waals surface area contributed by atoms with Gasteiger partial charge in [-0.05, 0) is 224 Å². The van der Waals surface area contributed by atoms with Gasteiger partial charge in [0.15, 0.2) is 0 Å². The van der Waals surface area contributed by atoms with Gasteiger partial charge in [-0.25, -0.2) is 44.1 Å². The molecule has 37 heteroatoms. The Balaban J connectivity index is 0.000000145. The quantitative estimate of drug-likeness (QED) is 0.0217. The van der Waals surface area contributed by atoms with Gasteiger partial charge in [0, 0.05) is 160 Å². The van der Waals surface area contributed by atoms with Gasteiger partial charge in [0.25, 0.3) is 11.5 Å². The number of pyridine rings is 7. The Bertz CT molecular complexity index is 6650. The average Bonchev–Trinajstić information content (AvgIpc) is 1.66. The molecule has 0 bridgehead atoms. The zero-order chi connectivity index (χ0) is 95.0. The summed E-state index contributed by atoms with van der Waals surface area (Å²) in [5.41, 5.74) is 21.0. The SMILES string of the molecule is CCNC(=O)Nc1nc2c(-c3cc(CN(C)C)ccn3)cc(-c3cccnc3)cc2[nH]1.CCNC(=O)Nc1nc2c(-c3ccccn3)cc(-c3cncc(C(=O)NCCN4CCOCC4)c3)cc2[nH]1.CCOC(=O)Nc1nc2c(-c3cc(CN(C)C)ccn3)cc(-c3cccnc3)cc2[nH]1.CCOC(=O)Nc1nc2c(-c3ncc(CN(C)C)o3)cc(-c3ccn(CC(C)C)c(=O)c3)cc2[nH]1. The van der Waals surface area contributed by atoms with Crippen LogP contribution in [0.5, 0.6) is 0 Å². The molecule has 7 amide bonds. The van der Waals surface area contributed by atoms with E-state index >= 15 is 0 Å². The molecule has 13 heterocycles. The molecular weight excluding hydrogens is 1720 g/mol. The fourth-order valence-corrected chi connectivity index (χ4v) is 15.1. The van der Waals surface area contributed by atoms with E-state index in [9.17, 15) is 28.8 Å². The number of morpholine rings is 1. The number of amides is 7. The number of carbonyl (C=O) groups excluding carboxylic acids is 5. The second kappa shape index (κ2) is 45.3. The van der Waals surface area contributed by atoms with E-state index in [0.29, 0.717) is 101 Å². The maximum atomic E-state index is 12.9. The molecule has 0 radical (unpaired) electrons. The van der Waals surface area contributed by atoms with Crippen LogP contribution in [-0.4, -0.2) is 237 Å². The van der Waals surface area contributed by atoms with Crippen LogP contribution in [0.15, 0.2) is 211 Å². The van der Waals surface area contributed by atoms with Gasteiger partial charge in [-0.1, -0.05) is 32.0 Å². The number of urea groups is 2. The molecule has 1 fully saturated rings. The van der Waals surface area contributed by atoms with Gasteiger partial charge in [0.05, 0.1) is 106 Å². The van der Waals surface area contributed by atoms with Crippen LogP contribution in [0.3, 0.4) is 0 Å². The molecule has 4 aromatic carbocycles. The third-order valence-corrected chi connectivity index (χ3v) is 20.9. The Hall–Kier alpha value is -15.8. The molecular formula is C98H109N27O10. The Labute approximate surface area is 778 Å². The van der Waals surface area contributed by atoms with Gasteiger partial charge in [-0.2, -0.15) is 0 Å². The summed E-state index contributed by atoms with van der Waals surface area (Å²) in [5, 5.41) is 19.1. The number of hydrogen-bond donors (Lipinski definition) is 11. The second-order valence-corrected chi connectivity index (χ2v) is 32.8. The van der Waals surface area contributed by atoms with Gasteiger partial charge < -0.3 is 73.8 Å². The zero-order valence-electron chi connectivity index (χ0n) is 77.3.